The molecule has 44 nitrogen and oxygen atoms in total. The molecule has 49 heteroatoms. The lowest BCUT2D eigenvalue weighted by Crippen LogP contribution is -2.63. The van der Waals surface area contributed by atoms with Crippen LogP contribution in [-0.4, -0.2) is 335 Å². The van der Waals surface area contributed by atoms with Gasteiger partial charge in [-0.15, -0.1) is 8.67 Å². The number of ether oxygens (including phenoxy) is 11. The van der Waals surface area contributed by atoms with Gasteiger partial charge in [-0.2, -0.15) is 25.3 Å². The second-order valence-electron chi connectivity index (χ2n) is 20.2. The van der Waals surface area contributed by atoms with Gasteiger partial charge in [0.2, 0.25) is 0 Å². The van der Waals surface area contributed by atoms with E-state index in [1.165, 1.54) is 13.8 Å². The lowest BCUT2D eigenvalue weighted by molar-refractivity contribution is -0.374. The van der Waals surface area contributed by atoms with Gasteiger partial charge in [-0.1, -0.05) is 0 Å². The summed E-state index contributed by atoms with van der Waals surface area (Å²) in [5, 5.41) is 140. The molecular formula is C39H66O44S5-2. The topological polar surface area (TPSA) is 673 Å². The van der Waals surface area contributed by atoms with Gasteiger partial charge in [-0.05, 0) is 13.8 Å². The molecule has 0 spiro atoms. The van der Waals surface area contributed by atoms with Crippen molar-refractivity contribution in [2.45, 2.75) is 180 Å². The van der Waals surface area contributed by atoms with E-state index in [1.807, 2.05) is 0 Å². The quantitative estimate of drug-likeness (QED) is 0.0143. The fourth-order valence-electron chi connectivity index (χ4n) is 9.96. The van der Waals surface area contributed by atoms with Crippen molar-refractivity contribution < 1.29 is 206 Å². The third-order valence-corrected chi connectivity index (χ3v) is 16.2. The Bertz CT molecular complexity index is 2580. The van der Waals surface area contributed by atoms with E-state index in [9.17, 15) is 123 Å². The van der Waals surface area contributed by atoms with Crippen molar-refractivity contribution >= 4 is 53.9 Å². The summed E-state index contributed by atoms with van der Waals surface area (Å²) in [4.78, 5) is 9.58. The zero-order valence-electron chi connectivity index (χ0n) is 44.9. The van der Waals surface area contributed by atoms with Crippen molar-refractivity contribution in [2.24, 2.45) is 17.8 Å². The van der Waals surface area contributed by atoms with E-state index in [1.54, 1.807) is 0 Å². The van der Waals surface area contributed by atoms with Crippen molar-refractivity contribution in [3.63, 3.8) is 0 Å². The van der Waals surface area contributed by atoms with Crippen LogP contribution in [-0.2, 0) is 137 Å². The van der Waals surface area contributed by atoms with Crippen LogP contribution < -0.4 is 0 Å². The standard InChI is InChI=1S/C39H68O44S5/c1-10-12(5-66-37-26(49)31(78-83-85(55)56)19(42)11(2)72-37)29(77-82-84(53)54)25(48)36(71-10)68-7-14-20(43)15(3-40)74-35(21(14)44)67-6-13-17(73-34(52)24(47)30(13)79-86(57,58)59)8-69-39-28(51)33(81-88(63,64)65)23(46)18(76-39)9-70-38-27(50)32(80-87(60,61)62)22(45)16(4-41)75-38/h10-52H,3-9H2,1-2H3,(H,53,54)(H,55,56)(H,57,58,59)(H,60,61,62)(H,63,64,65)/p-2/t10?,11?,12-,13+,14-,15?,16?,17?,18?,19-,20-,21?,22+,23+,24?,25?,26?,27?,28?,29+,30-,31+,32-,33-,34?,35-,36-,37-,38-,39-/m1/s1. The van der Waals surface area contributed by atoms with E-state index in [-0.39, 0.29) is 0 Å². The fourth-order valence-corrected chi connectivity index (χ4v) is 11.8. The van der Waals surface area contributed by atoms with Crippen LogP contribution >= 0.6 is 0 Å². The molecule has 6 heterocycles. The third-order valence-electron chi connectivity index (χ3n) is 14.4. The van der Waals surface area contributed by atoms with Crippen LogP contribution in [0.15, 0.2) is 0 Å². The SMILES string of the molecule is CC1O[C@@H](OC[C@@H]2C(C)O[C@@H](OC[C@H]3C(O)[C@H](OC[C@H]4C(CO[C@@H]5OC(CO[C@@H]6OC(CO)[C@H](O)[C@@H](OS(=O)(=O)O)C6O)[C@H](O)[C@@H](OS(=O)(=O)O)C5O)OC(O)C(O)[C@@H]4OS(=O)(=O)O)OC(CO)[C@@H]3O)C(O)[C@H]2OOS(=O)[O-])C(O)[C@@H](OOS(=O)[O-])[C@@H]1O. The van der Waals surface area contributed by atoms with Gasteiger partial charge in [0.15, 0.2) is 43.8 Å². The van der Waals surface area contributed by atoms with Gasteiger partial charge in [0, 0.05) is 17.8 Å². The van der Waals surface area contributed by atoms with Crippen LogP contribution in [0, 0.1) is 17.8 Å². The molecule has 0 aromatic rings. The minimum absolute atomic E-state index is 0.673. The Kier molecular flexibility index (Phi) is 27.9. The molecule has 6 aliphatic rings. The maximum absolute atomic E-state index is 12.1. The minimum Gasteiger partial charge on any atom is -0.748 e. The van der Waals surface area contributed by atoms with Gasteiger partial charge in [-0.3, -0.25) is 13.7 Å². The Morgan fingerprint density at radius 1 is 0.375 bits per heavy atom. The van der Waals surface area contributed by atoms with Gasteiger partial charge in [0.1, 0.15) is 120 Å². The largest absolute Gasteiger partial charge is 0.748 e. The smallest absolute Gasteiger partial charge is 0.397 e. The van der Waals surface area contributed by atoms with Crippen LogP contribution in [0.25, 0.3) is 0 Å². The number of aliphatic hydroxyl groups excluding tert-OH is 13. The summed E-state index contributed by atoms with van der Waals surface area (Å²) >= 11 is -6.67. The van der Waals surface area contributed by atoms with Gasteiger partial charge < -0.3 is 128 Å². The molecule has 16 N–H and O–H groups in total. The molecule has 6 saturated heterocycles. The lowest BCUT2D eigenvalue weighted by atomic mass is 9.88. The minimum atomic E-state index is -5.64. The van der Waals surface area contributed by atoms with E-state index in [4.69, 9.17) is 57.0 Å². The molecule has 518 valence electrons. The summed E-state index contributed by atoms with van der Waals surface area (Å²) in [5.41, 5.74) is 0. The second kappa shape index (κ2) is 32.4. The zero-order valence-corrected chi connectivity index (χ0v) is 49.0. The summed E-state index contributed by atoms with van der Waals surface area (Å²) in [6, 6.07) is 0. The molecule has 32 atom stereocenters. The number of hydrogen-bond acceptors (Lipinski definition) is 41. The van der Waals surface area contributed by atoms with Crippen LogP contribution in [0.2, 0.25) is 0 Å². The third kappa shape index (κ3) is 19.9. The molecule has 15 unspecified atom stereocenters. The van der Waals surface area contributed by atoms with Crippen molar-refractivity contribution in [1.82, 2.24) is 0 Å². The molecule has 0 amide bonds. The van der Waals surface area contributed by atoms with Crippen LogP contribution in [0.1, 0.15) is 13.8 Å². The van der Waals surface area contributed by atoms with Gasteiger partial charge in [0.25, 0.3) is 0 Å². The molecule has 0 aromatic heterocycles. The first-order chi connectivity index (χ1) is 40.9. The van der Waals surface area contributed by atoms with E-state index < -0.39 is 284 Å². The number of hydrogen-bond donors (Lipinski definition) is 16. The highest BCUT2D eigenvalue weighted by molar-refractivity contribution is 7.81. The zero-order chi connectivity index (χ0) is 65.7. The highest BCUT2D eigenvalue weighted by atomic mass is 32.3. The van der Waals surface area contributed by atoms with Crippen LogP contribution in [0.3, 0.4) is 0 Å². The van der Waals surface area contributed by atoms with E-state index in [2.05, 4.69) is 26.1 Å². The first-order valence-corrected chi connectivity index (χ1v) is 31.6. The van der Waals surface area contributed by atoms with Crippen molar-refractivity contribution in [3.8, 4) is 0 Å². The van der Waals surface area contributed by atoms with Gasteiger partial charge >= 0.3 is 31.2 Å². The van der Waals surface area contributed by atoms with Gasteiger partial charge in [0.05, 0.1) is 70.7 Å². The molecule has 0 aliphatic carbocycles. The molecule has 6 rings (SSSR count). The Morgan fingerprint density at radius 3 is 1.23 bits per heavy atom. The highest BCUT2D eigenvalue weighted by Crippen LogP contribution is 2.37. The summed E-state index contributed by atoms with van der Waals surface area (Å²) < 4.78 is 227. The number of rotatable bonds is 29. The Hall–Kier alpha value is -1.29. The van der Waals surface area contributed by atoms with E-state index in [0.29, 0.717) is 0 Å². The first kappa shape index (κ1) is 75.7. The molecule has 0 bridgehead atoms. The molecule has 0 radical (unpaired) electrons. The highest BCUT2D eigenvalue weighted by Gasteiger charge is 2.55. The van der Waals surface area contributed by atoms with E-state index >= 15 is 0 Å². The maximum Gasteiger partial charge on any atom is 0.397 e. The monoisotopic (exact) mass is 1400 g/mol. The first-order valence-electron chi connectivity index (χ1n) is 25.5. The summed E-state index contributed by atoms with van der Waals surface area (Å²) in [6.07, 6.45) is -55.0. The van der Waals surface area contributed by atoms with Crippen LogP contribution in [0.4, 0.5) is 0 Å². The molecule has 0 aromatic carbocycles. The molecule has 0 saturated carbocycles. The van der Waals surface area contributed by atoms with Crippen LogP contribution in [0.5, 0.6) is 0 Å². The predicted octanol–water partition coefficient (Wildman–Crippen LogP) is -12.3. The number of aliphatic hydroxyl groups is 13. The molecule has 6 fully saturated rings. The maximum atomic E-state index is 12.1. The lowest BCUT2D eigenvalue weighted by Gasteiger charge is -2.46. The second-order valence-corrected chi connectivity index (χ2v) is 24.4. The summed E-state index contributed by atoms with van der Waals surface area (Å²) in [6.45, 7) is -4.59. The van der Waals surface area contributed by atoms with E-state index in [0.717, 1.165) is 0 Å². The Morgan fingerprint density at radius 2 is 0.739 bits per heavy atom. The average Bonchev–Trinajstić information content (AvgIpc) is 3.28. The predicted molar refractivity (Wildman–Crippen MR) is 259 cm³/mol. The van der Waals surface area contributed by atoms with Crippen molar-refractivity contribution in [3.05, 3.63) is 0 Å². The molecule has 88 heavy (non-hydrogen) atoms. The average molecular weight is 1400 g/mol. The van der Waals surface area contributed by atoms with Crippen molar-refractivity contribution in [2.75, 3.05) is 46.2 Å². The summed E-state index contributed by atoms with van der Waals surface area (Å²) in [5.74, 6) is -4.89. The molecular weight excluding hydrogens is 1330 g/mol. The summed E-state index contributed by atoms with van der Waals surface area (Å²) in [7, 11) is -16.7. The Labute approximate surface area is 501 Å². The Balaban J connectivity index is 1.17. The fraction of sp³-hybridized carbons (Fsp3) is 1.00. The molecule has 6 aliphatic heterocycles. The normalized spacial score (nSPS) is 44.8. The van der Waals surface area contributed by atoms with Crippen molar-refractivity contribution in [1.29, 1.82) is 0 Å². The van der Waals surface area contributed by atoms with Gasteiger partial charge in [-0.25, -0.2) is 30.7 Å².